The summed E-state index contributed by atoms with van der Waals surface area (Å²) in [7, 11) is 1.67. The van der Waals surface area contributed by atoms with Gasteiger partial charge in [0.2, 0.25) is 0 Å². The van der Waals surface area contributed by atoms with E-state index >= 15 is 0 Å². The Morgan fingerprint density at radius 1 is 1.24 bits per heavy atom. The molecule has 1 aliphatic rings. The number of benzene rings is 1. The lowest BCUT2D eigenvalue weighted by molar-refractivity contribution is 0.224. The van der Waals surface area contributed by atoms with Crippen LogP contribution in [0.4, 0.5) is 0 Å². The minimum Gasteiger partial charge on any atom is -0.493 e. The average Bonchev–Trinajstić information content (AvgIpc) is 3.00. The monoisotopic (exact) mass is 287 g/mol. The summed E-state index contributed by atoms with van der Waals surface area (Å²) in [5, 5.41) is 3.49. The Morgan fingerprint density at radius 2 is 2.10 bits per heavy atom. The second-order valence-corrected chi connectivity index (χ2v) is 5.26. The first-order valence-electron chi connectivity index (χ1n) is 7.39. The summed E-state index contributed by atoms with van der Waals surface area (Å²) < 4.78 is 16.9. The number of nitrogens with one attached hydrogen (secondary N) is 1. The highest BCUT2D eigenvalue weighted by Gasteiger charge is 2.22. The Hall–Kier alpha value is -1.94. The first-order valence-corrected chi connectivity index (χ1v) is 7.39. The second kappa shape index (κ2) is 6.22. The van der Waals surface area contributed by atoms with Gasteiger partial charge in [0, 0.05) is 12.5 Å². The molecule has 0 fully saturated rings. The lowest BCUT2D eigenvalue weighted by Gasteiger charge is -2.27. The topological polar surface area (TPSA) is 43.6 Å². The molecule has 1 aromatic carbocycles. The standard InChI is InChI=1S/C17H21NO3/c1-3-14-7-8-15(21-14)10-18-13-9-12-5-4-6-16(19-2)17(12)20-11-13/h4-8,13,18H,3,9-11H2,1-2H3. The van der Waals surface area contributed by atoms with E-state index in [4.69, 9.17) is 13.9 Å². The molecule has 0 radical (unpaired) electrons. The summed E-state index contributed by atoms with van der Waals surface area (Å²) in [6, 6.07) is 10.4. The van der Waals surface area contributed by atoms with Crippen LogP contribution < -0.4 is 14.8 Å². The largest absolute Gasteiger partial charge is 0.493 e. The highest BCUT2D eigenvalue weighted by molar-refractivity contribution is 5.48. The van der Waals surface area contributed by atoms with Gasteiger partial charge in [0.25, 0.3) is 0 Å². The Balaban J connectivity index is 1.61. The van der Waals surface area contributed by atoms with Crippen LogP contribution in [0.3, 0.4) is 0 Å². The molecule has 0 saturated heterocycles. The van der Waals surface area contributed by atoms with Crippen molar-refractivity contribution in [1.29, 1.82) is 0 Å². The fraction of sp³-hybridized carbons (Fsp3) is 0.412. The van der Waals surface area contributed by atoms with Crippen molar-refractivity contribution < 1.29 is 13.9 Å². The van der Waals surface area contributed by atoms with Crippen molar-refractivity contribution in [3.8, 4) is 11.5 Å². The first-order chi connectivity index (χ1) is 10.3. The number of hydrogen-bond acceptors (Lipinski definition) is 4. The summed E-state index contributed by atoms with van der Waals surface area (Å²) in [6.07, 6.45) is 1.87. The van der Waals surface area contributed by atoms with Crippen LogP contribution in [-0.2, 0) is 19.4 Å². The predicted molar refractivity (Wildman–Crippen MR) is 80.9 cm³/mol. The fourth-order valence-electron chi connectivity index (χ4n) is 2.64. The third kappa shape index (κ3) is 3.05. The molecular formula is C17H21NO3. The molecule has 4 heteroatoms. The number of aryl methyl sites for hydroxylation is 1. The van der Waals surface area contributed by atoms with E-state index in [1.54, 1.807) is 7.11 Å². The molecule has 0 saturated carbocycles. The van der Waals surface area contributed by atoms with Gasteiger partial charge in [0.15, 0.2) is 11.5 Å². The number of furan rings is 1. The van der Waals surface area contributed by atoms with E-state index in [-0.39, 0.29) is 0 Å². The summed E-state index contributed by atoms with van der Waals surface area (Å²) in [6.45, 7) is 3.47. The lowest BCUT2D eigenvalue weighted by atomic mass is 10.0. The maximum atomic E-state index is 5.85. The van der Waals surface area contributed by atoms with E-state index in [1.165, 1.54) is 5.56 Å². The Bertz CT molecular complexity index is 606. The van der Waals surface area contributed by atoms with Crippen LogP contribution in [0.25, 0.3) is 0 Å². The molecule has 21 heavy (non-hydrogen) atoms. The third-order valence-electron chi connectivity index (χ3n) is 3.81. The molecule has 1 atom stereocenters. The van der Waals surface area contributed by atoms with Gasteiger partial charge in [-0.25, -0.2) is 0 Å². The van der Waals surface area contributed by atoms with Crippen molar-refractivity contribution in [2.75, 3.05) is 13.7 Å². The van der Waals surface area contributed by atoms with E-state index in [9.17, 15) is 0 Å². The van der Waals surface area contributed by atoms with Crippen LogP contribution in [0.1, 0.15) is 24.0 Å². The summed E-state index contributed by atoms with van der Waals surface area (Å²) in [5.41, 5.74) is 1.19. The van der Waals surface area contributed by atoms with Crippen molar-refractivity contribution in [3.05, 3.63) is 47.4 Å². The Morgan fingerprint density at radius 3 is 2.86 bits per heavy atom. The molecular weight excluding hydrogens is 266 g/mol. The van der Waals surface area contributed by atoms with Crippen molar-refractivity contribution in [2.24, 2.45) is 0 Å². The first kappa shape index (κ1) is 14.0. The van der Waals surface area contributed by atoms with Crippen molar-refractivity contribution in [3.63, 3.8) is 0 Å². The predicted octanol–water partition coefficient (Wildman–Crippen LogP) is 2.94. The zero-order chi connectivity index (χ0) is 14.7. The van der Waals surface area contributed by atoms with Gasteiger partial charge in [-0.1, -0.05) is 19.1 Å². The molecule has 1 aromatic heterocycles. The Kier molecular flexibility index (Phi) is 4.15. The summed E-state index contributed by atoms with van der Waals surface area (Å²) >= 11 is 0. The zero-order valence-electron chi connectivity index (χ0n) is 12.5. The molecule has 0 spiro atoms. The van der Waals surface area contributed by atoms with Crippen LogP contribution >= 0.6 is 0 Å². The van der Waals surface area contributed by atoms with Crippen LogP contribution in [-0.4, -0.2) is 19.8 Å². The number of fused-ring (bicyclic) bond motifs is 1. The van der Waals surface area contributed by atoms with Gasteiger partial charge >= 0.3 is 0 Å². The number of hydrogen-bond donors (Lipinski definition) is 1. The van der Waals surface area contributed by atoms with Gasteiger partial charge in [-0.2, -0.15) is 0 Å². The highest BCUT2D eigenvalue weighted by atomic mass is 16.5. The number of methoxy groups -OCH3 is 1. The van der Waals surface area contributed by atoms with Crippen molar-refractivity contribution >= 4 is 0 Å². The van der Waals surface area contributed by atoms with E-state index in [1.807, 2.05) is 24.3 Å². The van der Waals surface area contributed by atoms with E-state index in [0.717, 1.165) is 42.4 Å². The Labute approximate surface area is 125 Å². The molecule has 0 aliphatic carbocycles. The molecule has 1 unspecified atom stereocenters. The number of ether oxygens (including phenoxy) is 2. The van der Waals surface area contributed by atoms with E-state index < -0.39 is 0 Å². The molecule has 2 aromatic rings. The normalized spacial score (nSPS) is 17.1. The van der Waals surface area contributed by atoms with Crippen LogP contribution in [0.2, 0.25) is 0 Å². The molecule has 3 rings (SSSR count). The molecule has 2 heterocycles. The third-order valence-corrected chi connectivity index (χ3v) is 3.81. The van der Waals surface area contributed by atoms with Gasteiger partial charge in [-0.15, -0.1) is 0 Å². The van der Waals surface area contributed by atoms with Gasteiger partial charge < -0.3 is 19.2 Å². The molecule has 1 aliphatic heterocycles. The maximum absolute atomic E-state index is 5.85. The van der Waals surface area contributed by atoms with Gasteiger partial charge in [0.1, 0.15) is 18.1 Å². The van der Waals surface area contributed by atoms with Crippen molar-refractivity contribution in [1.82, 2.24) is 5.32 Å². The van der Waals surface area contributed by atoms with Gasteiger partial charge in [-0.3, -0.25) is 0 Å². The SMILES string of the molecule is CCc1ccc(CNC2COc3c(cccc3OC)C2)o1. The van der Waals surface area contributed by atoms with Crippen molar-refractivity contribution in [2.45, 2.75) is 32.4 Å². The zero-order valence-corrected chi connectivity index (χ0v) is 12.5. The molecule has 112 valence electrons. The fourth-order valence-corrected chi connectivity index (χ4v) is 2.64. The quantitative estimate of drug-likeness (QED) is 0.918. The van der Waals surface area contributed by atoms with Crippen LogP contribution in [0.15, 0.2) is 34.7 Å². The highest BCUT2D eigenvalue weighted by Crippen LogP contribution is 2.34. The van der Waals surface area contributed by atoms with Gasteiger partial charge in [-0.05, 0) is 30.2 Å². The molecule has 4 nitrogen and oxygen atoms in total. The smallest absolute Gasteiger partial charge is 0.164 e. The van der Waals surface area contributed by atoms with Crippen LogP contribution in [0, 0.1) is 0 Å². The van der Waals surface area contributed by atoms with Crippen LogP contribution in [0.5, 0.6) is 11.5 Å². The average molecular weight is 287 g/mol. The van der Waals surface area contributed by atoms with E-state index in [0.29, 0.717) is 12.6 Å². The summed E-state index contributed by atoms with van der Waals surface area (Å²) in [5.74, 6) is 3.69. The van der Waals surface area contributed by atoms with E-state index in [2.05, 4.69) is 18.3 Å². The molecule has 1 N–H and O–H groups in total. The molecule has 0 amide bonds. The number of para-hydroxylation sites is 1. The lowest BCUT2D eigenvalue weighted by Crippen LogP contribution is -2.38. The minimum absolute atomic E-state index is 0.291. The maximum Gasteiger partial charge on any atom is 0.164 e. The summed E-state index contributed by atoms with van der Waals surface area (Å²) in [4.78, 5) is 0. The molecule has 0 bridgehead atoms. The second-order valence-electron chi connectivity index (χ2n) is 5.26. The number of rotatable bonds is 5. The van der Waals surface area contributed by atoms with Gasteiger partial charge in [0.05, 0.1) is 13.7 Å². The minimum atomic E-state index is 0.291.